The van der Waals surface area contributed by atoms with Gasteiger partial charge in [0.15, 0.2) is 17.9 Å². The van der Waals surface area contributed by atoms with Gasteiger partial charge in [-0.15, -0.1) is 0 Å². The highest BCUT2D eigenvalue weighted by molar-refractivity contribution is 6.31. The predicted octanol–water partition coefficient (Wildman–Crippen LogP) is 1.26. The Morgan fingerprint density at radius 3 is 2.35 bits per heavy atom. The SMILES string of the molecule is CCCCC(=O)O.COc1cccc2c1C(=O)c1c(O)c3c(c(O)c1C2=O)C[C@@](O)(C(=O)CO)C[C@@H]3O[C@H]1C[C@H](N)[C@H](O)[C@H](C)O1. The lowest BCUT2D eigenvalue weighted by Crippen LogP contribution is -2.53. The molecule has 1 heterocycles. The number of aliphatic carboxylic acids is 1. The lowest BCUT2D eigenvalue weighted by Gasteiger charge is -2.42. The number of fused-ring (bicyclic) bond motifs is 3. The van der Waals surface area contributed by atoms with E-state index in [1.54, 1.807) is 6.92 Å². The Morgan fingerprint density at radius 1 is 1.11 bits per heavy atom. The minimum absolute atomic E-state index is 0.0173. The summed E-state index contributed by atoms with van der Waals surface area (Å²) in [7, 11) is 1.32. The number of rotatable bonds is 8. The van der Waals surface area contributed by atoms with Crippen molar-refractivity contribution in [3.8, 4) is 17.2 Å². The fourth-order valence-corrected chi connectivity index (χ4v) is 6.08. The summed E-state index contributed by atoms with van der Waals surface area (Å²) in [6, 6.07) is 3.64. The summed E-state index contributed by atoms with van der Waals surface area (Å²) in [6.07, 6.45) is -3.04. The second-order valence-corrected chi connectivity index (χ2v) is 11.7. The molecule has 6 atom stereocenters. The first-order valence-corrected chi connectivity index (χ1v) is 14.9. The van der Waals surface area contributed by atoms with Crippen LogP contribution in [0.2, 0.25) is 0 Å². The molecule has 1 fully saturated rings. The molecule has 2 aliphatic carbocycles. The maximum absolute atomic E-state index is 13.6. The molecule has 0 saturated carbocycles. The van der Waals surface area contributed by atoms with Crippen molar-refractivity contribution in [1.29, 1.82) is 0 Å². The van der Waals surface area contributed by atoms with E-state index < -0.39 is 102 Å². The number of phenols is 2. The van der Waals surface area contributed by atoms with Crippen molar-refractivity contribution < 1.29 is 64.0 Å². The predicted molar refractivity (Wildman–Crippen MR) is 159 cm³/mol. The van der Waals surface area contributed by atoms with Crippen molar-refractivity contribution in [1.82, 2.24) is 0 Å². The van der Waals surface area contributed by atoms with Gasteiger partial charge >= 0.3 is 5.97 Å². The molecule has 250 valence electrons. The van der Waals surface area contributed by atoms with Crippen LogP contribution in [0, 0.1) is 0 Å². The topological polar surface area (TPSA) is 243 Å². The third-order valence-electron chi connectivity index (χ3n) is 8.55. The molecule has 0 aromatic heterocycles. The van der Waals surface area contributed by atoms with E-state index in [9.17, 15) is 44.7 Å². The number of hydrogen-bond acceptors (Lipinski definition) is 13. The summed E-state index contributed by atoms with van der Waals surface area (Å²) in [5.41, 5.74) is 2.37. The van der Waals surface area contributed by atoms with E-state index in [-0.39, 0.29) is 34.4 Å². The first-order valence-electron chi connectivity index (χ1n) is 14.9. The third-order valence-corrected chi connectivity index (χ3v) is 8.55. The third kappa shape index (κ3) is 6.36. The van der Waals surface area contributed by atoms with E-state index >= 15 is 0 Å². The molecule has 0 bridgehead atoms. The van der Waals surface area contributed by atoms with Crippen molar-refractivity contribution >= 4 is 23.3 Å². The number of unbranched alkanes of at least 4 members (excludes halogenated alkanes) is 1. The van der Waals surface area contributed by atoms with Gasteiger partial charge in [0.2, 0.25) is 5.78 Å². The summed E-state index contributed by atoms with van der Waals surface area (Å²) in [5.74, 6) is -4.47. The van der Waals surface area contributed by atoms with Gasteiger partial charge < -0.3 is 50.6 Å². The molecule has 1 aliphatic heterocycles. The molecule has 0 unspecified atom stereocenters. The Morgan fingerprint density at radius 2 is 1.78 bits per heavy atom. The second kappa shape index (κ2) is 13.8. The smallest absolute Gasteiger partial charge is 0.303 e. The van der Waals surface area contributed by atoms with Gasteiger partial charge in [0.1, 0.15) is 29.5 Å². The van der Waals surface area contributed by atoms with Crippen molar-refractivity contribution in [2.24, 2.45) is 5.73 Å². The molecule has 1 saturated heterocycles. The lowest BCUT2D eigenvalue weighted by molar-refractivity contribution is -0.247. The number of aromatic hydroxyl groups is 2. The van der Waals surface area contributed by atoms with Crippen LogP contribution < -0.4 is 10.5 Å². The van der Waals surface area contributed by atoms with Crippen LogP contribution in [0.5, 0.6) is 17.2 Å². The summed E-state index contributed by atoms with van der Waals surface area (Å²) in [4.78, 5) is 49.5. The molecule has 46 heavy (non-hydrogen) atoms. The number of carboxylic acids is 1. The first-order chi connectivity index (χ1) is 21.7. The van der Waals surface area contributed by atoms with Crippen LogP contribution in [0.15, 0.2) is 18.2 Å². The zero-order chi connectivity index (χ0) is 34.1. The van der Waals surface area contributed by atoms with E-state index in [0.717, 1.165) is 12.8 Å². The molecule has 14 heteroatoms. The fourth-order valence-electron chi connectivity index (χ4n) is 6.08. The molecule has 8 N–H and O–H groups in total. The summed E-state index contributed by atoms with van der Waals surface area (Å²) >= 11 is 0. The molecule has 0 amide bonds. The Labute approximate surface area is 264 Å². The van der Waals surface area contributed by atoms with Gasteiger partial charge in [0.05, 0.1) is 42.1 Å². The average Bonchev–Trinajstić information content (AvgIpc) is 3.02. The number of carbonyl (C=O) groups excluding carboxylic acids is 3. The summed E-state index contributed by atoms with van der Waals surface area (Å²) in [6.45, 7) is 2.53. The van der Waals surface area contributed by atoms with Crippen LogP contribution in [-0.4, -0.2) is 97.8 Å². The minimum Gasteiger partial charge on any atom is -0.507 e. The number of aliphatic hydroxyl groups excluding tert-OH is 2. The van der Waals surface area contributed by atoms with Gasteiger partial charge in [-0.2, -0.15) is 0 Å². The number of ether oxygens (including phenoxy) is 3. The van der Waals surface area contributed by atoms with Crippen molar-refractivity contribution in [2.45, 2.75) is 88.6 Å². The van der Waals surface area contributed by atoms with Crippen LogP contribution in [0.25, 0.3) is 0 Å². The summed E-state index contributed by atoms with van der Waals surface area (Å²) < 4.78 is 17.0. The number of carboxylic acid groups (broad SMARTS) is 1. The Kier molecular flexibility index (Phi) is 10.5. The Balaban J connectivity index is 0.000000617. The van der Waals surface area contributed by atoms with Gasteiger partial charge in [-0.25, -0.2) is 0 Å². The highest BCUT2D eigenvalue weighted by Gasteiger charge is 2.50. The number of carbonyl (C=O) groups is 4. The van der Waals surface area contributed by atoms with E-state index in [4.69, 9.17) is 25.1 Å². The number of hydrogen-bond donors (Lipinski definition) is 7. The largest absolute Gasteiger partial charge is 0.507 e. The second-order valence-electron chi connectivity index (χ2n) is 11.7. The van der Waals surface area contributed by atoms with Crippen LogP contribution >= 0.6 is 0 Å². The number of phenolic OH excluding ortho intramolecular Hbond substituents is 2. The number of benzene rings is 2. The normalized spacial score (nSPS) is 26.6. The maximum Gasteiger partial charge on any atom is 0.303 e. The van der Waals surface area contributed by atoms with E-state index in [0.29, 0.717) is 6.42 Å². The zero-order valence-electron chi connectivity index (χ0n) is 25.7. The number of ketones is 3. The van der Waals surface area contributed by atoms with Crippen molar-refractivity contribution in [3.05, 3.63) is 51.6 Å². The van der Waals surface area contributed by atoms with Gasteiger partial charge in [-0.3, -0.25) is 19.2 Å². The van der Waals surface area contributed by atoms with Crippen molar-refractivity contribution in [2.75, 3.05) is 13.7 Å². The average molecular weight is 646 g/mol. The molecule has 14 nitrogen and oxygen atoms in total. The molecule has 2 aromatic rings. The number of Topliss-reactive ketones (excluding diaryl/α,β-unsaturated/α-hetero) is 1. The molecular weight excluding hydrogens is 606 g/mol. The molecule has 3 aliphatic rings. The highest BCUT2D eigenvalue weighted by atomic mass is 16.7. The monoisotopic (exact) mass is 645 g/mol. The van der Waals surface area contributed by atoms with Gasteiger partial charge in [-0.1, -0.05) is 25.5 Å². The van der Waals surface area contributed by atoms with Crippen LogP contribution in [0.3, 0.4) is 0 Å². The van der Waals surface area contributed by atoms with Gasteiger partial charge in [0.25, 0.3) is 0 Å². The highest BCUT2D eigenvalue weighted by Crippen LogP contribution is 2.52. The van der Waals surface area contributed by atoms with Crippen LogP contribution in [0.1, 0.15) is 95.0 Å². The fraction of sp³-hybridized carbons (Fsp3) is 0.500. The molecule has 5 rings (SSSR count). The first kappa shape index (κ1) is 34.9. The van der Waals surface area contributed by atoms with Crippen molar-refractivity contribution in [3.63, 3.8) is 0 Å². The molecule has 0 spiro atoms. The summed E-state index contributed by atoms with van der Waals surface area (Å²) in [5, 5.41) is 61.7. The number of aliphatic hydroxyl groups is 3. The van der Waals surface area contributed by atoms with Gasteiger partial charge in [0, 0.05) is 48.4 Å². The van der Waals surface area contributed by atoms with E-state index in [1.807, 2.05) is 6.92 Å². The molecular formula is C32H39NO13. The number of methoxy groups -OCH3 is 1. The van der Waals surface area contributed by atoms with Crippen LogP contribution in [0.4, 0.5) is 0 Å². The lowest BCUT2D eigenvalue weighted by atomic mass is 9.72. The zero-order valence-corrected chi connectivity index (χ0v) is 25.7. The van der Waals surface area contributed by atoms with Crippen LogP contribution in [-0.2, 0) is 25.5 Å². The number of nitrogens with two attached hydrogens (primary N) is 1. The van der Waals surface area contributed by atoms with E-state index in [1.165, 1.54) is 25.3 Å². The Hall–Kier alpha value is -3.92. The van der Waals surface area contributed by atoms with E-state index in [2.05, 4.69) is 0 Å². The quantitative estimate of drug-likeness (QED) is 0.171. The van der Waals surface area contributed by atoms with Gasteiger partial charge in [-0.05, 0) is 19.4 Å². The minimum atomic E-state index is -2.24. The maximum atomic E-state index is 13.6. The Bertz CT molecular complexity index is 1530. The standard InChI is InChI=1S/C27H29NO11.C5H10O2/c1-10-22(31)13(28)6-17(38-10)39-15-8-27(36,16(30)9-29)7-12-19(15)26(35)21-20(24(12)33)23(32)11-4-3-5-14(37-2)18(11)25(21)34;1-2-3-4-5(6)7/h3-5,10,13,15,17,22,29,31,33,35-36H,6-9,28H2,1-2H3;2-4H2,1H3,(H,6,7)/t10-,13-,15-,17-,22+,27-;/m0./s1. The molecule has 2 aromatic carbocycles. The molecule has 0 radical (unpaired) electrons.